The Bertz CT molecular complexity index is 587. The van der Waals surface area contributed by atoms with Crippen LogP contribution in [-0.4, -0.2) is 23.6 Å². The highest BCUT2D eigenvalue weighted by molar-refractivity contribution is 7.90. The fourth-order valence-electron chi connectivity index (χ4n) is 1.27. The summed E-state index contributed by atoms with van der Waals surface area (Å²) < 4.78 is 24.7. The minimum atomic E-state index is -3.85. The Labute approximate surface area is 134 Å². The number of nitrogens with zero attached hydrogens (tertiary/aromatic N) is 1. The number of alkyl halides is 3. The first kappa shape index (κ1) is 17.6. The van der Waals surface area contributed by atoms with Crippen LogP contribution in [-0.2, 0) is 10.0 Å². The van der Waals surface area contributed by atoms with Crippen molar-refractivity contribution in [2.45, 2.75) is 35.0 Å². The van der Waals surface area contributed by atoms with Crippen molar-refractivity contribution in [3.05, 3.63) is 30.3 Å². The molecule has 4 nitrogen and oxygen atoms in total. The average Bonchev–Trinajstić information content (AvgIpc) is 2.26. The summed E-state index contributed by atoms with van der Waals surface area (Å²) in [4.78, 5) is 4.19. The summed E-state index contributed by atoms with van der Waals surface area (Å²) in [5.41, 5.74) is -0.599. The van der Waals surface area contributed by atoms with Gasteiger partial charge in [0, 0.05) is 0 Å². The summed E-state index contributed by atoms with van der Waals surface area (Å²) in [6.07, 6.45) is 0. The molecule has 1 aromatic rings. The molecular formula is C12H15Cl3N2O2S. The topological polar surface area (TPSA) is 58.5 Å². The summed E-state index contributed by atoms with van der Waals surface area (Å²) in [6.45, 7) is 5.29. The smallest absolute Gasteiger partial charge is 0.262 e. The van der Waals surface area contributed by atoms with Gasteiger partial charge in [-0.25, -0.2) is 8.42 Å². The minimum Gasteiger partial charge on any atom is -0.264 e. The first-order chi connectivity index (χ1) is 8.92. The van der Waals surface area contributed by atoms with Gasteiger partial charge in [0.15, 0.2) is 5.84 Å². The number of hydrogen-bond donors (Lipinski definition) is 1. The van der Waals surface area contributed by atoms with Gasteiger partial charge in [0.05, 0.1) is 10.4 Å². The molecule has 0 saturated carbocycles. The van der Waals surface area contributed by atoms with E-state index in [0.29, 0.717) is 0 Å². The molecule has 0 unspecified atom stereocenters. The molecule has 0 bridgehead atoms. The Morgan fingerprint density at radius 2 is 1.60 bits per heavy atom. The van der Waals surface area contributed by atoms with E-state index in [0.717, 1.165) is 0 Å². The van der Waals surface area contributed by atoms with Gasteiger partial charge in [-0.2, -0.15) is 0 Å². The van der Waals surface area contributed by atoms with Gasteiger partial charge in [0.2, 0.25) is 3.79 Å². The second-order valence-electron chi connectivity index (χ2n) is 5.05. The van der Waals surface area contributed by atoms with E-state index in [2.05, 4.69) is 9.71 Å². The van der Waals surface area contributed by atoms with Crippen LogP contribution in [0.1, 0.15) is 20.8 Å². The summed E-state index contributed by atoms with van der Waals surface area (Å²) in [6, 6.07) is 7.79. The minimum absolute atomic E-state index is 0.0656. The van der Waals surface area contributed by atoms with Crippen LogP contribution in [0.25, 0.3) is 0 Å². The maximum absolute atomic E-state index is 12.2. The fraction of sp³-hybridized carbons (Fsp3) is 0.417. The second kappa shape index (κ2) is 6.10. The molecule has 0 aromatic heterocycles. The molecule has 0 aliphatic rings. The lowest BCUT2D eigenvalue weighted by molar-refractivity contribution is 0.576. The Morgan fingerprint density at radius 1 is 1.10 bits per heavy atom. The van der Waals surface area contributed by atoms with Gasteiger partial charge in [-0.1, -0.05) is 53.0 Å². The molecule has 1 aromatic carbocycles. The molecule has 0 spiro atoms. The molecule has 0 fully saturated rings. The summed E-state index contributed by atoms with van der Waals surface area (Å²) in [5.74, 6) is -0.237. The van der Waals surface area contributed by atoms with E-state index >= 15 is 0 Å². The molecular weight excluding hydrogens is 343 g/mol. The monoisotopic (exact) mass is 356 g/mol. The quantitative estimate of drug-likeness (QED) is 0.500. The Kier molecular flexibility index (Phi) is 5.35. The van der Waals surface area contributed by atoms with Crippen LogP contribution in [0.3, 0.4) is 0 Å². The summed E-state index contributed by atoms with van der Waals surface area (Å²) in [5, 5.41) is 0. The number of aliphatic imine (C=N–C) groups is 1. The van der Waals surface area contributed by atoms with Gasteiger partial charge in [-0.05, 0) is 32.9 Å². The molecule has 0 saturated heterocycles. The van der Waals surface area contributed by atoms with Crippen LogP contribution in [0.2, 0.25) is 0 Å². The highest BCUT2D eigenvalue weighted by Gasteiger charge is 2.33. The summed E-state index contributed by atoms with van der Waals surface area (Å²) >= 11 is 17.3. The average molecular weight is 358 g/mol. The number of amidine groups is 1. The van der Waals surface area contributed by atoms with Crippen LogP contribution in [0.4, 0.5) is 0 Å². The fourth-order valence-corrected chi connectivity index (χ4v) is 2.79. The highest BCUT2D eigenvalue weighted by Crippen LogP contribution is 2.29. The summed E-state index contributed by atoms with van der Waals surface area (Å²) in [7, 11) is -3.85. The van der Waals surface area contributed by atoms with Gasteiger partial charge < -0.3 is 0 Å². The number of benzene rings is 1. The van der Waals surface area contributed by atoms with Crippen molar-refractivity contribution in [2.24, 2.45) is 4.99 Å². The molecule has 112 valence electrons. The zero-order chi connectivity index (χ0) is 15.6. The first-order valence-electron chi connectivity index (χ1n) is 5.67. The Balaban J connectivity index is 3.19. The molecule has 0 aliphatic heterocycles. The molecule has 0 atom stereocenters. The predicted molar refractivity (Wildman–Crippen MR) is 84.2 cm³/mol. The van der Waals surface area contributed by atoms with Crippen molar-refractivity contribution in [3.63, 3.8) is 0 Å². The normalized spacial score (nSPS) is 14.2. The standard InChI is InChI=1S/C12H15Cl3N2O2S/c1-11(2,3)16-10(12(13,14)15)17-20(18,19)9-7-5-4-6-8-9/h4-8H,1-3H3,(H,16,17). The van der Waals surface area contributed by atoms with Crippen LogP contribution in [0.5, 0.6) is 0 Å². The molecule has 8 heteroatoms. The third kappa shape index (κ3) is 5.48. The number of nitrogens with one attached hydrogen (secondary N) is 1. The molecule has 0 radical (unpaired) electrons. The molecule has 1 N–H and O–H groups in total. The van der Waals surface area contributed by atoms with E-state index in [-0.39, 0.29) is 10.7 Å². The van der Waals surface area contributed by atoms with E-state index in [1.54, 1.807) is 39.0 Å². The van der Waals surface area contributed by atoms with Crippen molar-refractivity contribution in [1.82, 2.24) is 4.72 Å². The Morgan fingerprint density at radius 3 is 2.00 bits per heavy atom. The SMILES string of the molecule is CC(C)(C)N=C(NS(=O)(=O)c1ccccc1)C(Cl)(Cl)Cl. The highest BCUT2D eigenvalue weighted by atomic mass is 35.6. The Hall–Kier alpha value is -0.490. The van der Waals surface area contributed by atoms with Gasteiger partial charge in [-0.3, -0.25) is 9.71 Å². The molecule has 0 aliphatic carbocycles. The van der Waals surface area contributed by atoms with E-state index < -0.39 is 19.4 Å². The van der Waals surface area contributed by atoms with Crippen molar-refractivity contribution >= 4 is 50.7 Å². The maximum atomic E-state index is 12.2. The lowest BCUT2D eigenvalue weighted by Gasteiger charge is -2.21. The van der Waals surface area contributed by atoms with Crippen molar-refractivity contribution in [1.29, 1.82) is 0 Å². The first-order valence-corrected chi connectivity index (χ1v) is 8.28. The molecule has 1 rings (SSSR count). The van der Waals surface area contributed by atoms with Crippen LogP contribution >= 0.6 is 34.8 Å². The predicted octanol–water partition coefficient (Wildman–Crippen LogP) is 3.53. The number of hydrogen-bond acceptors (Lipinski definition) is 3. The van der Waals surface area contributed by atoms with E-state index in [4.69, 9.17) is 34.8 Å². The zero-order valence-corrected chi connectivity index (χ0v) is 14.3. The van der Waals surface area contributed by atoms with E-state index in [1.807, 2.05) is 0 Å². The molecule has 20 heavy (non-hydrogen) atoms. The van der Waals surface area contributed by atoms with Gasteiger partial charge in [-0.15, -0.1) is 0 Å². The lowest BCUT2D eigenvalue weighted by Crippen LogP contribution is -2.41. The zero-order valence-electron chi connectivity index (χ0n) is 11.2. The van der Waals surface area contributed by atoms with Crippen molar-refractivity contribution in [3.8, 4) is 0 Å². The largest absolute Gasteiger partial charge is 0.264 e. The van der Waals surface area contributed by atoms with Crippen molar-refractivity contribution < 1.29 is 8.42 Å². The van der Waals surface area contributed by atoms with Gasteiger partial charge in [0.25, 0.3) is 10.0 Å². The lowest BCUT2D eigenvalue weighted by atomic mass is 10.1. The van der Waals surface area contributed by atoms with E-state index in [1.165, 1.54) is 12.1 Å². The van der Waals surface area contributed by atoms with Crippen molar-refractivity contribution in [2.75, 3.05) is 0 Å². The number of rotatable bonds is 2. The van der Waals surface area contributed by atoms with Gasteiger partial charge >= 0.3 is 0 Å². The third-order valence-electron chi connectivity index (χ3n) is 2.00. The third-order valence-corrected chi connectivity index (χ3v) is 3.89. The van der Waals surface area contributed by atoms with E-state index in [9.17, 15) is 8.42 Å². The van der Waals surface area contributed by atoms with Crippen LogP contribution in [0.15, 0.2) is 40.2 Å². The van der Waals surface area contributed by atoms with Gasteiger partial charge in [0.1, 0.15) is 0 Å². The second-order valence-corrected chi connectivity index (χ2v) is 9.01. The molecule has 0 heterocycles. The maximum Gasteiger partial charge on any atom is 0.262 e. The molecule has 0 amide bonds. The number of sulfonamides is 1. The van der Waals surface area contributed by atoms with Crippen LogP contribution in [0, 0.1) is 0 Å². The van der Waals surface area contributed by atoms with Crippen LogP contribution < -0.4 is 4.72 Å². The number of halogens is 3.